The lowest BCUT2D eigenvalue weighted by Crippen LogP contribution is -2.47. The molecular formula is C15H22N2O. The van der Waals surface area contributed by atoms with E-state index in [1.807, 2.05) is 7.11 Å². The zero-order valence-electron chi connectivity index (χ0n) is 11.1. The van der Waals surface area contributed by atoms with Gasteiger partial charge in [-0.3, -0.25) is 0 Å². The van der Waals surface area contributed by atoms with Crippen molar-refractivity contribution in [1.29, 1.82) is 0 Å². The van der Waals surface area contributed by atoms with Crippen LogP contribution in [0.2, 0.25) is 0 Å². The quantitative estimate of drug-likeness (QED) is 0.836. The Morgan fingerprint density at radius 3 is 3.00 bits per heavy atom. The summed E-state index contributed by atoms with van der Waals surface area (Å²) in [5, 5.41) is 7.05. The van der Waals surface area contributed by atoms with Gasteiger partial charge in [0.25, 0.3) is 0 Å². The molecule has 1 aliphatic carbocycles. The molecule has 0 radical (unpaired) electrons. The molecular weight excluding hydrogens is 224 g/mol. The first-order valence-corrected chi connectivity index (χ1v) is 6.93. The van der Waals surface area contributed by atoms with Crippen LogP contribution in [0.1, 0.15) is 30.4 Å². The molecule has 2 N–H and O–H groups in total. The lowest BCUT2D eigenvalue weighted by Gasteiger charge is -2.40. The standard InChI is InChI=1S/C15H22N2O/c1-18-15(7-3-8-15)11-16-10-13-5-2-4-12-6-9-17-14(12)13/h2,4-5,16-17H,3,6-11H2,1H3. The Morgan fingerprint density at radius 2 is 2.28 bits per heavy atom. The van der Waals surface area contributed by atoms with Crippen LogP contribution < -0.4 is 10.6 Å². The largest absolute Gasteiger partial charge is 0.384 e. The van der Waals surface area contributed by atoms with Gasteiger partial charge in [-0.05, 0) is 36.8 Å². The van der Waals surface area contributed by atoms with Crippen LogP contribution in [-0.4, -0.2) is 25.8 Å². The number of nitrogens with one attached hydrogen (secondary N) is 2. The molecule has 18 heavy (non-hydrogen) atoms. The Bertz CT molecular complexity index is 421. The molecule has 1 heterocycles. The zero-order valence-corrected chi connectivity index (χ0v) is 11.1. The van der Waals surface area contributed by atoms with Gasteiger partial charge in [0.15, 0.2) is 0 Å². The van der Waals surface area contributed by atoms with Gasteiger partial charge in [-0.2, -0.15) is 0 Å². The molecule has 0 spiro atoms. The van der Waals surface area contributed by atoms with Crippen LogP contribution in [0, 0.1) is 0 Å². The fourth-order valence-corrected chi connectivity index (χ4v) is 3.01. The third kappa shape index (κ3) is 2.13. The zero-order chi connectivity index (χ0) is 12.4. The van der Waals surface area contributed by atoms with Crippen molar-refractivity contribution < 1.29 is 4.74 Å². The van der Waals surface area contributed by atoms with E-state index in [2.05, 4.69) is 28.8 Å². The van der Waals surface area contributed by atoms with E-state index in [1.54, 1.807) is 0 Å². The van der Waals surface area contributed by atoms with Crippen LogP contribution in [0.25, 0.3) is 0 Å². The second-order valence-corrected chi connectivity index (χ2v) is 5.47. The molecule has 2 aliphatic rings. The second kappa shape index (κ2) is 4.90. The van der Waals surface area contributed by atoms with Gasteiger partial charge in [0.1, 0.15) is 0 Å². The summed E-state index contributed by atoms with van der Waals surface area (Å²) in [6.07, 6.45) is 4.85. The smallest absolute Gasteiger partial charge is 0.0802 e. The highest BCUT2D eigenvalue weighted by molar-refractivity contribution is 5.61. The molecule has 3 rings (SSSR count). The van der Waals surface area contributed by atoms with Crippen molar-refractivity contribution in [2.75, 3.05) is 25.5 Å². The molecule has 1 aromatic rings. The molecule has 98 valence electrons. The predicted molar refractivity (Wildman–Crippen MR) is 73.9 cm³/mol. The van der Waals surface area contributed by atoms with Gasteiger partial charge >= 0.3 is 0 Å². The number of anilines is 1. The van der Waals surface area contributed by atoms with E-state index in [1.165, 1.54) is 36.1 Å². The summed E-state index contributed by atoms with van der Waals surface area (Å²) < 4.78 is 5.63. The number of rotatable bonds is 5. The predicted octanol–water partition coefficient (Wildman–Crippen LogP) is 2.31. The van der Waals surface area contributed by atoms with E-state index in [-0.39, 0.29) is 5.60 Å². The Morgan fingerprint density at radius 1 is 1.39 bits per heavy atom. The number of ether oxygens (including phenoxy) is 1. The van der Waals surface area contributed by atoms with E-state index in [9.17, 15) is 0 Å². The van der Waals surface area contributed by atoms with Crippen LogP contribution in [-0.2, 0) is 17.7 Å². The van der Waals surface area contributed by atoms with Gasteiger partial charge in [0.2, 0.25) is 0 Å². The SMILES string of the molecule is COC1(CNCc2cccc3c2NCC3)CCC1. The van der Waals surface area contributed by atoms with Crippen molar-refractivity contribution in [3.63, 3.8) is 0 Å². The van der Waals surface area contributed by atoms with E-state index in [4.69, 9.17) is 4.74 Å². The third-order valence-electron chi connectivity index (χ3n) is 4.39. The van der Waals surface area contributed by atoms with Crippen molar-refractivity contribution in [1.82, 2.24) is 5.32 Å². The fraction of sp³-hybridized carbons (Fsp3) is 0.600. The van der Waals surface area contributed by atoms with E-state index >= 15 is 0 Å². The minimum Gasteiger partial charge on any atom is -0.384 e. The number of hydrogen-bond acceptors (Lipinski definition) is 3. The maximum absolute atomic E-state index is 5.63. The summed E-state index contributed by atoms with van der Waals surface area (Å²) >= 11 is 0. The lowest BCUT2D eigenvalue weighted by atomic mass is 9.80. The highest BCUT2D eigenvalue weighted by Crippen LogP contribution is 2.34. The molecule has 3 nitrogen and oxygen atoms in total. The Balaban J connectivity index is 1.59. The average Bonchev–Trinajstić information content (AvgIpc) is 2.81. The van der Waals surface area contributed by atoms with Gasteiger partial charge < -0.3 is 15.4 Å². The highest BCUT2D eigenvalue weighted by atomic mass is 16.5. The van der Waals surface area contributed by atoms with Crippen molar-refractivity contribution in [2.45, 2.75) is 37.8 Å². The van der Waals surface area contributed by atoms with Crippen molar-refractivity contribution in [3.05, 3.63) is 29.3 Å². The first-order chi connectivity index (χ1) is 8.83. The van der Waals surface area contributed by atoms with Gasteiger partial charge in [-0.15, -0.1) is 0 Å². The van der Waals surface area contributed by atoms with Crippen LogP contribution >= 0.6 is 0 Å². The summed E-state index contributed by atoms with van der Waals surface area (Å²) in [5.74, 6) is 0. The summed E-state index contributed by atoms with van der Waals surface area (Å²) in [6.45, 7) is 2.98. The van der Waals surface area contributed by atoms with Gasteiger partial charge in [-0.25, -0.2) is 0 Å². The Labute approximate surface area is 109 Å². The normalized spacial score (nSPS) is 20.1. The summed E-state index contributed by atoms with van der Waals surface area (Å²) in [6, 6.07) is 6.60. The lowest BCUT2D eigenvalue weighted by molar-refractivity contribution is -0.0695. The molecule has 0 saturated heterocycles. The molecule has 3 heteroatoms. The van der Waals surface area contributed by atoms with Gasteiger partial charge in [0.05, 0.1) is 5.60 Å². The van der Waals surface area contributed by atoms with Gasteiger partial charge in [0, 0.05) is 32.4 Å². The maximum Gasteiger partial charge on any atom is 0.0802 e. The fourth-order valence-electron chi connectivity index (χ4n) is 3.01. The molecule has 1 saturated carbocycles. The highest BCUT2D eigenvalue weighted by Gasteiger charge is 2.36. The number of fused-ring (bicyclic) bond motifs is 1. The van der Waals surface area contributed by atoms with Gasteiger partial charge in [-0.1, -0.05) is 18.2 Å². The number of methoxy groups -OCH3 is 1. The van der Waals surface area contributed by atoms with Crippen LogP contribution in [0.15, 0.2) is 18.2 Å². The molecule has 1 aliphatic heterocycles. The van der Waals surface area contributed by atoms with Crippen LogP contribution in [0.3, 0.4) is 0 Å². The molecule has 0 bridgehead atoms. The molecule has 0 amide bonds. The molecule has 1 aromatic carbocycles. The van der Waals surface area contributed by atoms with Crippen molar-refractivity contribution in [3.8, 4) is 0 Å². The summed E-state index contributed by atoms with van der Waals surface area (Å²) in [5.41, 5.74) is 4.31. The Hall–Kier alpha value is -1.06. The summed E-state index contributed by atoms with van der Waals surface area (Å²) in [7, 11) is 1.84. The number of para-hydroxylation sites is 1. The third-order valence-corrected chi connectivity index (χ3v) is 4.39. The van der Waals surface area contributed by atoms with Crippen molar-refractivity contribution in [2.24, 2.45) is 0 Å². The van der Waals surface area contributed by atoms with E-state index in [0.29, 0.717) is 0 Å². The number of hydrogen-bond donors (Lipinski definition) is 2. The maximum atomic E-state index is 5.63. The second-order valence-electron chi connectivity index (χ2n) is 5.47. The van der Waals surface area contributed by atoms with E-state index in [0.717, 1.165) is 26.1 Å². The molecule has 1 fully saturated rings. The topological polar surface area (TPSA) is 33.3 Å². The molecule has 0 aromatic heterocycles. The number of benzene rings is 1. The van der Waals surface area contributed by atoms with Crippen molar-refractivity contribution >= 4 is 5.69 Å². The minimum atomic E-state index is 0.116. The van der Waals surface area contributed by atoms with E-state index < -0.39 is 0 Å². The Kier molecular flexibility index (Phi) is 3.27. The molecule has 0 atom stereocenters. The first-order valence-electron chi connectivity index (χ1n) is 6.93. The first kappa shape index (κ1) is 12.0. The summed E-state index contributed by atoms with van der Waals surface area (Å²) in [4.78, 5) is 0. The average molecular weight is 246 g/mol. The van der Waals surface area contributed by atoms with Crippen LogP contribution in [0.5, 0.6) is 0 Å². The van der Waals surface area contributed by atoms with Crippen LogP contribution in [0.4, 0.5) is 5.69 Å². The molecule has 0 unspecified atom stereocenters. The monoisotopic (exact) mass is 246 g/mol. The minimum absolute atomic E-state index is 0.116.